The molecule has 2 aliphatic rings. The number of nitrogens with zero attached hydrogens (tertiary/aromatic N) is 2. The molecule has 0 bridgehead atoms. The highest BCUT2D eigenvalue weighted by molar-refractivity contribution is 5.67. The SMILES string of the molecule is CCN1CCC(N2CCOCC2CC(=O)O)CC1. The van der Waals surface area contributed by atoms with E-state index >= 15 is 0 Å². The van der Waals surface area contributed by atoms with Gasteiger partial charge in [-0.2, -0.15) is 0 Å². The van der Waals surface area contributed by atoms with Crippen LogP contribution in [0, 0.1) is 0 Å². The van der Waals surface area contributed by atoms with Crippen LogP contribution in [0.15, 0.2) is 0 Å². The number of morpholine rings is 1. The van der Waals surface area contributed by atoms with Crippen LogP contribution in [0.5, 0.6) is 0 Å². The molecule has 2 saturated heterocycles. The van der Waals surface area contributed by atoms with Crippen LogP contribution in [0.3, 0.4) is 0 Å². The van der Waals surface area contributed by atoms with E-state index in [9.17, 15) is 4.79 Å². The van der Waals surface area contributed by atoms with Gasteiger partial charge >= 0.3 is 5.97 Å². The fourth-order valence-electron chi connectivity index (χ4n) is 3.09. The van der Waals surface area contributed by atoms with E-state index in [1.165, 1.54) is 0 Å². The molecule has 2 rings (SSSR count). The Bertz CT molecular complexity index is 277. The van der Waals surface area contributed by atoms with Gasteiger partial charge in [0.05, 0.1) is 19.6 Å². The number of carbonyl (C=O) groups is 1. The van der Waals surface area contributed by atoms with Gasteiger partial charge in [0.15, 0.2) is 0 Å². The summed E-state index contributed by atoms with van der Waals surface area (Å²) >= 11 is 0. The van der Waals surface area contributed by atoms with Crippen molar-refractivity contribution < 1.29 is 14.6 Å². The number of rotatable bonds is 4. The van der Waals surface area contributed by atoms with Gasteiger partial charge < -0.3 is 14.7 Å². The lowest BCUT2D eigenvalue weighted by molar-refractivity contribution is -0.141. The van der Waals surface area contributed by atoms with Crippen LogP contribution >= 0.6 is 0 Å². The zero-order valence-corrected chi connectivity index (χ0v) is 11.2. The number of ether oxygens (including phenoxy) is 1. The Hall–Kier alpha value is -0.650. The molecule has 0 aliphatic carbocycles. The molecule has 1 atom stereocenters. The molecule has 0 saturated carbocycles. The van der Waals surface area contributed by atoms with Crippen LogP contribution in [-0.2, 0) is 9.53 Å². The van der Waals surface area contributed by atoms with Crippen molar-refractivity contribution in [3.63, 3.8) is 0 Å². The van der Waals surface area contributed by atoms with E-state index in [0.29, 0.717) is 12.6 Å². The summed E-state index contributed by atoms with van der Waals surface area (Å²) in [5.74, 6) is -0.721. The quantitative estimate of drug-likeness (QED) is 0.800. The van der Waals surface area contributed by atoms with E-state index in [1.54, 1.807) is 0 Å². The first kappa shape index (κ1) is 13.8. The summed E-state index contributed by atoms with van der Waals surface area (Å²) in [6, 6.07) is 0.607. The van der Waals surface area contributed by atoms with Crippen molar-refractivity contribution in [2.24, 2.45) is 0 Å². The third-order valence-electron chi connectivity index (χ3n) is 4.16. The molecule has 1 unspecified atom stereocenters. The molecule has 0 aromatic rings. The molecule has 5 heteroatoms. The van der Waals surface area contributed by atoms with Crippen molar-refractivity contribution in [2.75, 3.05) is 39.4 Å². The molecule has 0 spiro atoms. The largest absolute Gasteiger partial charge is 0.481 e. The molecule has 2 fully saturated rings. The summed E-state index contributed by atoms with van der Waals surface area (Å²) in [7, 11) is 0. The number of carboxylic acids is 1. The maximum absolute atomic E-state index is 10.9. The van der Waals surface area contributed by atoms with E-state index in [1.807, 2.05) is 0 Å². The monoisotopic (exact) mass is 256 g/mol. The van der Waals surface area contributed by atoms with Gasteiger partial charge in [0.2, 0.25) is 0 Å². The first-order chi connectivity index (χ1) is 8.70. The predicted octanol–water partition coefficient (Wildman–Crippen LogP) is 0.646. The van der Waals surface area contributed by atoms with Crippen molar-refractivity contribution in [1.29, 1.82) is 0 Å². The highest BCUT2D eigenvalue weighted by Crippen LogP contribution is 2.22. The molecule has 2 heterocycles. The van der Waals surface area contributed by atoms with E-state index < -0.39 is 5.97 Å². The Morgan fingerprint density at radius 2 is 2.06 bits per heavy atom. The third kappa shape index (κ3) is 3.43. The fourth-order valence-corrected chi connectivity index (χ4v) is 3.09. The molecule has 2 aliphatic heterocycles. The first-order valence-corrected chi connectivity index (χ1v) is 6.98. The number of aliphatic carboxylic acids is 1. The molecule has 18 heavy (non-hydrogen) atoms. The highest BCUT2D eigenvalue weighted by atomic mass is 16.5. The second-order valence-corrected chi connectivity index (χ2v) is 5.23. The summed E-state index contributed by atoms with van der Waals surface area (Å²) in [4.78, 5) is 15.7. The van der Waals surface area contributed by atoms with Gasteiger partial charge in [0.1, 0.15) is 0 Å². The Labute approximate surface area is 109 Å². The molecule has 0 radical (unpaired) electrons. The number of hydrogen-bond acceptors (Lipinski definition) is 4. The zero-order valence-electron chi connectivity index (χ0n) is 11.2. The Balaban J connectivity index is 1.90. The van der Waals surface area contributed by atoms with E-state index in [-0.39, 0.29) is 12.5 Å². The van der Waals surface area contributed by atoms with Crippen LogP contribution in [-0.4, -0.2) is 72.4 Å². The molecule has 0 amide bonds. The van der Waals surface area contributed by atoms with Gasteiger partial charge in [-0.3, -0.25) is 9.69 Å². The standard InChI is InChI=1S/C13H24N2O3/c1-2-14-5-3-11(4-6-14)15-7-8-18-10-12(15)9-13(16)17/h11-12H,2-10H2,1H3,(H,16,17). The number of likely N-dealkylation sites (tertiary alicyclic amines) is 1. The summed E-state index contributed by atoms with van der Waals surface area (Å²) < 4.78 is 5.43. The maximum atomic E-state index is 10.9. The fraction of sp³-hybridized carbons (Fsp3) is 0.923. The average molecular weight is 256 g/mol. The van der Waals surface area contributed by atoms with Gasteiger partial charge in [-0.15, -0.1) is 0 Å². The maximum Gasteiger partial charge on any atom is 0.305 e. The van der Waals surface area contributed by atoms with Gasteiger partial charge in [-0.1, -0.05) is 6.92 Å². The smallest absolute Gasteiger partial charge is 0.305 e. The normalized spacial score (nSPS) is 28.4. The van der Waals surface area contributed by atoms with Crippen molar-refractivity contribution in [1.82, 2.24) is 9.80 Å². The molecule has 0 aromatic carbocycles. The van der Waals surface area contributed by atoms with Crippen LogP contribution in [0.4, 0.5) is 0 Å². The Morgan fingerprint density at radius 1 is 1.33 bits per heavy atom. The van der Waals surface area contributed by atoms with Gasteiger partial charge in [0.25, 0.3) is 0 Å². The summed E-state index contributed by atoms with van der Waals surface area (Å²) in [5, 5.41) is 8.97. The van der Waals surface area contributed by atoms with Crippen LogP contribution in [0.25, 0.3) is 0 Å². The van der Waals surface area contributed by atoms with Crippen LogP contribution in [0.1, 0.15) is 26.2 Å². The minimum atomic E-state index is -0.721. The number of carboxylic acid groups (broad SMARTS) is 1. The van der Waals surface area contributed by atoms with E-state index in [2.05, 4.69) is 16.7 Å². The molecular formula is C13H24N2O3. The predicted molar refractivity (Wildman–Crippen MR) is 68.7 cm³/mol. The molecule has 1 N–H and O–H groups in total. The van der Waals surface area contributed by atoms with E-state index in [0.717, 1.165) is 45.6 Å². The molecule has 0 aromatic heterocycles. The molecular weight excluding hydrogens is 232 g/mol. The van der Waals surface area contributed by atoms with Crippen molar-refractivity contribution in [2.45, 2.75) is 38.3 Å². The minimum Gasteiger partial charge on any atom is -0.481 e. The van der Waals surface area contributed by atoms with E-state index in [4.69, 9.17) is 9.84 Å². The van der Waals surface area contributed by atoms with Crippen molar-refractivity contribution in [3.05, 3.63) is 0 Å². The van der Waals surface area contributed by atoms with Crippen molar-refractivity contribution in [3.8, 4) is 0 Å². The summed E-state index contributed by atoms with van der Waals surface area (Å²) in [5.41, 5.74) is 0. The van der Waals surface area contributed by atoms with Gasteiger partial charge in [-0.25, -0.2) is 0 Å². The second kappa shape index (κ2) is 6.50. The van der Waals surface area contributed by atoms with Gasteiger partial charge in [0, 0.05) is 18.6 Å². The molecule has 104 valence electrons. The highest BCUT2D eigenvalue weighted by Gasteiger charge is 2.32. The third-order valence-corrected chi connectivity index (χ3v) is 4.16. The average Bonchev–Trinajstić information content (AvgIpc) is 2.39. The minimum absolute atomic E-state index is 0.0643. The summed E-state index contributed by atoms with van der Waals surface area (Å²) in [6.45, 7) is 7.78. The number of hydrogen-bond donors (Lipinski definition) is 1. The lowest BCUT2D eigenvalue weighted by atomic mass is 9.99. The Morgan fingerprint density at radius 3 is 2.67 bits per heavy atom. The zero-order chi connectivity index (χ0) is 13.0. The number of piperidine rings is 1. The van der Waals surface area contributed by atoms with Crippen molar-refractivity contribution >= 4 is 5.97 Å². The topological polar surface area (TPSA) is 53.0 Å². The van der Waals surface area contributed by atoms with Crippen LogP contribution in [0.2, 0.25) is 0 Å². The second-order valence-electron chi connectivity index (χ2n) is 5.23. The summed E-state index contributed by atoms with van der Waals surface area (Å²) in [6.07, 6.45) is 2.52. The Kier molecular flexibility index (Phi) is 4.97. The lowest BCUT2D eigenvalue weighted by Gasteiger charge is -2.44. The van der Waals surface area contributed by atoms with Crippen LogP contribution < -0.4 is 0 Å². The lowest BCUT2D eigenvalue weighted by Crippen LogP contribution is -2.54. The van der Waals surface area contributed by atoms with Gasteiger partial charge in [-0.05, 0) is 32.5 Å². The first-order valence-electron chi connectivity index (χ1n) is 6.98. The molecule has 5 nitrogen and oxygen atoms in total.